The van der Waals surface area contributed by atoms with Crippen LogP contribution in [0.4, 0.5) is 0 Å². The molecular weight excluding hydrogens is 346 g/mol. The Morgan fingerprint density at radius 3 is 2.71 bits per heavy atom. The average Bonchev–Trinajstić information content (AvgIpc) is 2.54. The maximum Gasteiger partial charge on any atom is 0.251 e. The van der Waals surface area contributed by atoms with Crippen molar-refractivity contribution in [2.24, 2.45) is 0 Å². The number of benzene rings is 1. The monoisotopic (exact) mass is 365 g/mol. The van der Waals surface area contributed by atoms with Gasteiger partial charge in [0.25, 0.3) is 5.56 Å². The number of aromatic nitrogens is 2. The van der Waals surface area contributed by atoms with Gasteiger partial charge in [0.15, 0.2) is 5.16 Å². The molecule has 0 bridgehead atoms. The summed E-state index contributed by atoms with van der Waals surface area (Å²) in [5, 5.41) is 1.16. The third-order valence-corrected chi connectivity index (χ3v) is 4.48. The first-order valence-corrected chi connectivity index (χ1v) is 9.05. The zero-order valence-corrected chi connectivity index (χ0v) is 15.3. The van der Waals surface area contributed by atoms with E-state index in [1.807, 2.05) is 19.1 Å². The van der Waals surface area contributed by atoms with Gasteiger partial charge in [0.05, 0.1) is 5.75 Å². The normalized spacial score (nSPS) is 10.6. The van der Waals surface area contributed by atoms with Crippen molar-refractivity contribution in [3.05, 3.63) is 57.0 Å². The predicted octanol–water partition coefficient (Wildman–Crippen LogP) is 3.13. The maximum atomic E-state index is 12.2. The van der Waals surface area contributed by atoms with Crippen LogP contribution in [0.2, 0.25) is 5.02 Å². The molecule has 2 aromatic rings. The molecule has 7 heteroatoms. The summed E-state index contributed by atoms with van der Waals surface area (Å²) in [6.07, 6.45) is 1.67. The molecule has 1 aromatic carbocycles. The zero-order chi connectivity index (χ0) is 17.5. The zero-order valence-electron chi connectivity index (χ0n) is 13.7. The lowest BCUT2D eigenvalue weighted by molar-refractivity contribution is -0.127. The second-order valence-electron chi connectivity index (χ2n) is 5.46. The van der Waals surface area contributed by atoms with E-state index in [9.17, 15) is 9.59 Å². The molecule has 1 heterocycles. The molecule has 0 radical (unpaired) electrons. The first-order chi connectivity index (χ1) is 11.5. The van der Waals surface area contributed by atoms with Gasteiger partial charge in [-0.15, -0.1) is 0 Å². The number of hydrogen-bond donors (Lipinski definition) is 1. The van der Waals surface area contributed by atoms with Crippen LogP contribution in [0, 0.1) is 0 Å². The van der Waals surface area contributed by atoms with Gasteiger partial charge in [-0.05, 0) is 24.1 Å². The van der Waals surface area contributed by atoms with Gasteiger partial charge in [0, 0.05) is 30.4 Å². The minimum atomic E-state index is -0.182. The summed E-state index contributed by atoms with van der Waals surface area (Å²) in [4.78, 5) is 32.5. The standard InChI is InChI=1S/C17H20ClN3O2S/c1-3-4-14-9-15(22)20-17(19-14)24-11-16(23)21(2)10-12-5-7-13(18)8-6-12/h5-9H,3-4,10-11H2,1-2H3,(H,19,20,22). The minimum Gasteiger partial charge on any atom is -0.341 e. The van der Waals surface area contributed by atoms with Crippen LogP contribution < -0.4 is 5.56 Å². The summed E-state index contributed by atoms with van der Waals surface area (Å²) in [7, 11) is 1.75. The van der Waals surface area contributed by atoms with E-state index in [1.165, 1.54) is 17.8 Å². The van der Waals surface area contributed by atoms with Crippen molar-refractivity contribution >= 4 is 29.3 Å². The fourth-order valence-corrected chi connectivity index (χ4v) is 3.09. The lowest BCUT2D eigenvalue weighted by atomic mass is 10.2. The Morgan fingerprint density at radius 1 is 1.33 bits per heavy atom. The molecule has 0 saturated carbocycles. The van der Waals surface area contributed by atoms with Crippen LogP contribution >= 0.6 is 23.4 Å². The molecule has 0 aliphatic carbocycles. The van der Waals surface area contributed by atoms with Crippen LogP contribution in [-0.4, -0.2) is 33.6 Å². The second-order valence-corrected chi connectivity index (χ2v) is 6.86. The van der Waals surface area contributed by atoms with Gasteiger partial charge in [-0.1, -0.05) is 48.8 Å². The Labute approximate surface area is 150 Å². The third kappa shape index (κ3) is 5.69. The van der Waals surface area contributed by atoms with Gasteiger partial charge >= 0.3 is 0 Å². The summed E-state index contributed by atoms with van der Waals surface area (Å²) < 4.78 is 0. The summed E-state index contributed by atoms with van der Waals surface area (Å²) >= 11 is 7.10. The van der Waals surface area contributed by atoms with E-state index in [0.717, 1.165) is 24.1 Å². The van der Waals surface area contributed by atoms with Gasteiger partial charge < -0.3 is 9.88 Å². The highest BCUT2D eigenvalue weighted by atomic mass is 35.5. The molecule has 0 atom stereocenters. The summed E-state index contributed by atoms with van der Waals surface area (Å²) in [5.41, 5.74) is 1.58. The SMILES string of the molecule is CCCc1cc(=O)[nH]c(SCC(=O)N(C)Cc2ccc(Cl)cc2)n1. The summed E-state index contributed by atoms with van der Waals surface area (Å²) in [6.45, 7) is 2.54. The number of rotatable bonds is 7. The number of carbonyl (C=O) groups excluding carboxylic acids is 1. The van der Waals surface area contributed by atoms with Crippen molar-refractivity contribution < 1.29 is 4.79 Å². The van der Waals surface area contributed by atoms with Crippen molar-refractivity contribution in [3.63, 3.8) is 0 Å². The molecule has 0 saturated heterocycles. The minimum absolute atomic E-state index is 0.0292. The summed E-state index contributed by atoms with van der Waals surface area (Å²) in [5.74, 6) is 0.196. The van der Waals surface area contributed by atoms with Crippen LogP contribution in [-0.2, 0) is 17.8 Å². The quantitative estimate of drug-likeness (QED) is 0.604. The van der Waals surface area contributed by atoms with Crippen LogP contribution in [0.15, 0.2) is 40.3 Å². The molecule has 0 aliphatic heterocycles. The van der Waals surface area contributed by atoms with Gasteiger partial charge in [-0.3, -0.25) is 9.59 Å². The Hall–Kier alpha value is -1.79. The molecule has 0 fully saturated rings. The predicted molar refractivity (Wildman–Crippen MR) is 97.5 cm³/mol. The number of aromatic amines is 1. The van der Waals surface area contributed by atoms with Crippen LogP contribution in [0.25, 0.3) is 0 Å². The van der Waals surface area contributed by atoms with Gasteiger partial charge in [0.2, 0.25) is 5.91 Å². The number of nitrogens with one attached hydrogen (secondary N) is 1. The van der Waals surface area contributed by atoms with Crippen LogP contribution in [0.1, 0.15) is 24.6 Å². The van der Waals surface area contributed by atoms with Gasteiger partial charge in [0.1, 0.15) is 0 Å². The Balaban J connectivity index is 1.92. The number of nitrogens with zero attached hydrogens (tertiary/aromatic N) is 2. The largest absolute Gasteiger partial charge is 0.341 e. The number of H-pyrrole nitrogens is 1. The van der Waals surface area contributed by atoms with Gasteiger partial charge in [-0.25, -0.2) is 4.98 Å². The van der Waals surface area contributed by atoms with Crippen molar-refractivity contribution in [1.82, 2.24) is 14.9 Å². The number of amides is 1. The summed E-state index contributed by atoms with van der Waals surface area (Å²) in [6, 6.07) is 8.90. The highest BCUT2D eigenvalue weighted by Crippen LogP contribution is 2.14. The van der Waals surface area contributed by atoms with E-state index in [-0.39, 0.29) is 17.2 Å². The van der Waals surface area contributed by atoms with Crippen molar-refractivity contribution in [2.45, 2.75) is 31.5 Å². The van der Waals surface area contributed by atoms with E-state index >= 15 is 0 Å². The Morgan fingerprint density at radius 2 is 2.04 bits per heavy atom. The lowest BCUT2D eigenvalue weighted by Crippen LogP contribution is -2.28. The fraction of sp³-hybridized carbons (Fsp3) is 0.353. The van der Waals surface area contributed by atoms with Crippen LogP contribution in [0.5, 0.6) is 0 Å². The molecule has 2 rings (SSSR count). The third-order valence-electron chi connectivity index (χ3n) is 3.37. The first-order valence-electron chi connectivity index (χ1n) is 7.69. The molecule has 0 unspecified atom stereocenters. The molecular formula is C17H20ClN3O2S. The van der Waals surface area contributed by atoms with E-state index < -0.39 is 0 Å². The lowest BCUT2D eigenvalue weighted by Gasteiger charge is -2.17. The molecule has 1 amide bonds. The van der Waals surface area contributed by atoms with Crippen LogP contribution in [0.3, 0.4) is 0 Å². The fourth-order valence-electron chi connectivity index (χ4n) is 2.13. The first kappa shape index (κ1) is 18.5. The molecule has 24 heavy (non-hydrogen) atoms. The van der Waals surface area contributed by atoms with E-state index in [2.05, 4.69) is 9.97 Å². The maximum absolute atomic E-state index is 12.2. The Bertz CT molecular complexity index is 746. The number of carbonyl (C=O) groups is 1. The van der Waals surface area contributed by atoms with Crippen molar-refractivity contribution in [2.75, 3.05) is 12.8 Å². The molecule has 1 aromatic heterocycles. The Kier molecular flexibility index (Phi) is 6.87. The van der Waals surface area contributed by atoms with E-state index in [4.69, 9.17) is 11.6 Å². The highest BCUT2D eigenvalue weighted by Gasteiger charge is 2.11. The number of thioether (sulfide) groups is 1. The second kappa shape index (κ2) is 8.89. The smallest absolute Gasteiger partial charge is 0.251 e. The highest BCUT2D eigenvalue weighted by molar-refractivity contribution is 7.99. The molecule has 128 valence electrons. The number of aryl methyl sites for hydroxylation is 1. The molecule has 0 spiro atoms. The molecule has 1 N–H and O–H groups in total. The topological polar surface area (TPSA) is 66.1 Å². The molecule has 5 nitrogen and oxygen atoms in total. The molecule has 0 aliphatic rings. The average molecular weight is 366 g/mol. The van der Waals surface area contributed by atoms with Crippen molar-refractivity contribution in [3.8, 4) is 0 Å². The number of hydrogen-bond acceptors (Lipinski definition) is 4. The van der Waals surface area contributed by atoms with Crippen molar-refractivity contribution in [1.29, 1.82) is 0 Å². The van der Waals surface area contributed by atoms with E-state index in [0.29, 0.717) is 16.7 Å². The number of halogens is 1. The van der Waals surface area contributed by atoms with Gasteiger partial charge in [-0.2, -0.15) is 0 Å². The van der Waals surface area contributed by atoms with E-state index in [1.54, 1.807) is 24.1 Å².